The lowest BCUT2D eigenvalue weighted by molar-refractivity contribution is 0.0691. The summed E-state index contributed by atoms with van der Waals surface area (Å²) < 4.78 is 0. The maximum Gasteiger partial charge on any atom is 0.355 e. The molecule has 0 atom stereocenters. The quantitative estimate of drug-likeness (QED) is 0.823. The number of carboxylic acids is 1. The predicted octanol–water partition coefficient (Wildman–Crippen LogP) is 2.04. The van der Waals surface area contributed by atoms with E-state index in [4.69, 9.17) is 5.11 Å². The first-order valence-electron chi connectivity index (χ1n) is 4.45. The molecule has 0 aliphatic carbocycles. The average Bonchev–Trinajstić information content (AvgIpc) is 2.55. The maximum atomic E-state index is 10.7. The van der Waals surface area contributed by atoms with Crippen molar-refractivity contribution in [3.8, 4) is 0 Å². The van der Waals surface area contributed by atoms with Gasteiger partial charge in [-0.25, -0.2) is 9.78 Å². The van der Waals surface area contributed by atoms with E-state index < -0.39 is 5.97 Å². The largest absolute Gasteiger partial charge is 0.476 e. The molecule has 1 aliphatic rings. The Morgan fingerprint density at radius 3 is 2.60 bits per heavy atom. The van der Waals surface area contributed by atoms with E-state index in [-0.39, 0.29) is 5.69 Å². The smallest absolute Gasteiger partial charge is 0.355 e. The minimum Gasteiger partial charge on any atom is -0.476 e. The highest BCUT2D eigenvalue weighted by molar-refractivity contribution is 8.76. The van der Waals surface area contributed by atoms with E-state index in [9.17, 15) is 4.79 Å². The highest BCUT2D eigenvalue weighted by atomic mass is 33.1. The van der Waals surface area contributed by atoms with Crippen LogP contribution in [0.4, 0.5) is 5.13 Å². The zero-order valence-electron chi connectivity index (χ0n) is 7.88. The highest BCUT2D eigenvalue weighted by Crippen LogP contribution is 2.28. The van der Waals surface area contributed by atoms with Gasteiger partial charge in [0, 0.05) is 30.0 Å². The fourth-order valence-corrected chi connectivity index (χ4v) is 4.06. The van der Waals surface area contributed by atoms with E-state index in [1.807, 2.05) is 21.6 Å². The zero-order valence-corrected chi connectivity index (χ0v) is 10.3. The van der Waals surface area contributed by atoms with E-state index >= 15 is 0 Å². The molecular weight excluding hydrogens is 252 g/mol. The molecule has 0 unspecified atom stereocenters. The van der Waals surface area contributed by atoms with Gasteiger partial charge < -0.3 is 10.0 Å². The number of carboxylic acid groups (broad SMARTS) is 1. The summed E-state index contributed by atoms with van der Waals surface area (Å²) in [6, 6.07) is 0. The minimum atomic E-state index is -0.948. The van der Waals surface area contributed by atoms with Crippen molar-refractivity contribution in [2.24, 2.45) is 0 Å². The third kappa shape index (κ3) is 2.79. The Morgan fingerprint density at radius 1 is 1.40 bits per heavy atom. The molecule has 2 heterocycles. The number of hydrogen-bond donors (Lipinski definition) is 1. The Labute approximate surface area is 99.5 Å². The molecule has 0 radical (unpaired) electrons. The normalized spacial score (nSPS) is 17.5. The molecule has 0 spiro atoms. The molecule has 1 aromatic heterocycles. The summed E-state index contributed by atoms with van der Waals surface area (Å²) in [4.78, 5) is 16.9. The Kier molecular flexibility index (Phi) is 3.76. The molecule has 1 saturated heterocycles. The number of aromatic carboxylic acids is 1. The molecule has 2 rings (SSSR count). The molecule has 1 aromatic rings. The molecule has 1 N–H and O–H groups in total. The average molecular weight is 262 g/mol. The van der Waals surface area contributed by atoms with Crippen LogP contribution in [0.25, 0.3) is 0 Å². The van der Waals surface area contributed by atoms with Crippen LogP contribution in [0.5, 0.6) is 0 Å². The number of rotatable bonds is 2. The van der Waals surface area contributed by atoms with Crippen LogP contribution in [0.2, 0.25) is 0 Å². The van der Waals surface area contributed by atoms with Gasteiger partial charge in [-0.2, -0.15) is 0 Å². The van der Waals surface area contributed by atoms with Crippen molar-refractivity contribution in [1.82, 2.24) is 4.98 Å². The first-order chi connectivity index (χ1) is 7.27. The summed E-state index contributed by atoms with van der Waals surface area (Å²) in [6.45, 7) is 1.90. The van der Waals surface area contributed by atoms with Crippen molar-refractivity contribution >= 4 is 44.0 Å². The standard InChI is InChI=1S/C8H10N2O2S3/c11-7(12)6-5-13-8(9-6)10-1-3-14-15-4-2-10/h5H,1-4H2,(H,11,12). The van der Waals surface area contributed by atoms with Crippen molar-refractivity contribution in [3.63, 3.8) is 0 Å². The van der Waals surface area contributed by atoms with E-state index in [1.165, 1.54) is 11.3 Å². The first kappa shape index (κ1) is 11.1. The Balaban J connectivity index is 2.10. The van der Waals surface area contributed by atoms with Gasteiger partial charge in [0.2, 0.25) is 0 Å². The number of carbonyl (C=O) groups is 1. The van der Waals surface area contributed by atoms with Gasteiger partial charge in [-0.15, -0.1) is 11.3 Å². The van der Waals surface area contributed by atoms with Crippen LogP contribution in [-0.2, 0) is 0 Å². The molecule has 0 bridgehead atoms. The number of thiazole rings is 1. The van der Waals surface area contributed by atoms with Crippen LogP contribution in [0.3, 0.4) is 0 Å². The predicted molar refractivity (Wildman–Crippen MR) is 66.2 cm³/mol. The minimum absolute atomic E-state index is 0.152. The SMILES string of the molecule is O=C(O)c1csc(N2CCSSCC2)n1. The van der Waals surface area contributed by atoms with E-state index in [2.05, 4.69) is 9.88 Å². The third-order valence-electron chi connectivity index (χ3n) is 1.95. The van der Waals surface area contributed by atoms with Crippen LogP contribution < -0.4 is 4.90 Å². The lowest BCUT2D eigenvalue weighted by atomic mass is 10.5. The monoisotopic (exact) mass is 262 g/mol. The topological polar surface area (TPSA) is 53.4 Å². The van der Waals surface area contributed by atoms with Gasteiger partial charge in [-0.3, -0.25) is 0 Å². The summed E-state index contributed by atoms with van der Waals surface area (Å²) in [5.41, 5.74) is 0.152. The van der Waals surface area contributed by atoms with Gasteiger partial charge >= 0.3 is 5.97 Å². The van der Waals surface area contributed by atoms with Gasteiger partial charge in [0.1, 0.15) is 0 Å². The van der Waals surface area contributed by atoms with Crippen LogP contribution in [-0.4, -0.2) is 40.7 Å². The number of anilines is 1. The van der Waals surface area contributed by atoms with Crippen molar-refractivity contribution in [1.29, 1.82) is 0 Å². The second-order valence-electron chi connectivity index (χ2n) is 2.95. The summed E-state index contributed by atoms with van der Waals surface area (Å²) in [7, 11) is 3.73. The van der Waals surface area contributed by atoms with Crippen molar-refractivity contribution in [2.75, 3.05) is 29.5 Å². The lowest BCUT2D eigenvalue weighted by Crippen LogP contribution is -2.26. The third-order valence-corrected chi connectivity index (χ3v) is 5.22. The highest BCUT2D eigenvalue weighted by Gasteiger charge is 2.15. The van der Waals surface area contributed by atoms with E-state index in [1.54, 1.807) is 5.38 Å². The van der Waals surface area contributed by atoms with Gasteiger partial charge in [-0.05, 0) is 0 Å². The molecule has 0 aromatic carbocycles. The van der Waals surface area contributed by atoms with Crippen LogP contribution in [0.1, 0.15) is 10.5 Å². The summed E-state index contributed by atoms with van der Waals surface area (Å²) in [6.07, 6.45) is 0. The van der Waals surface area contributed by atoms with E-state index in [0.717, 1.165) is 29.7 Å². The Bertz CT molecular complexity index is 347. The lowest BCUT2D eigenvalue weighted by Gasteiger charge is -2.17. The van der Waals surface area contributed by atoms with Crippen LogP contribution >= 0.6 is 32.9 Å². The van der Waals surface area contributed by atoms with Crippen molar-refractivity contribution in [3.05, 3.63) is 11.1 Å². The second kappa shape index (κ2) is 5.09. The second-order valence-corrected chi connectivity index (χ2v) is 6.49. The van der Waals surface area contributed by atoms with Crippen molar-refractivity contribution < 1.29 is 9.90 Å². The van der Waals surface area contributed by atoms with Crippen molar-refractivity contribution in [2.45, 2.75) is 0 Å². The molecule has 15 heavy (non-hydrogen) atoms. The number of nitrogens with zero attached hydrogens (tertiary/aromatic N) is 2. The van der Waals surface area contributed by atoms with E-state index in [0.29, 0.717) is 0 Å². The Morgan fingerprint density at radius 2 is 2.07 bits per heavy atom. The van der Waals surface area contributed by atoms with Gasteiger partial charge in [-0.1, -0.05) is 21.6 Å². The molecule has 1 fully saturated rings. The molecule has 1 aliphatic heterocycles. The molecule has 0 saturated carbocycles. The molecule has 7 heteroatoms. The van der Waals surface area contributed by atoms with Gasteiger partial charge in [0.15, 0.2) is 10.8 Å². The maximum absolute atomic E-state index is 10.7. The number of hydrogen-bond acceptors (Lipinski definition) is 6. The van der Waals surface area contributed by atoms with Gasteiger partial charge in [0.25, 0.3) is 0 Å². The molecule has 4 nitrogen and oxygen atoms in total. The fourth-order valence-electron chi connectivity index (χ4n) is 1.22. The molecule has 82 valence electrons. The summed E-state index contributed by atoms with van der Waals surface area (Å²) in [5.74, 6) is 1.18. The first-order valence-corrected chi connectivity index (χ1v) is 7.82. The zero-order chi connectivity index (χ0) is 10.7. The van der Waals surface area contributed by atoms with Gasteiger partial charge in [0.05, 0.1) is 0 Å². The molecular formula is C8H10N2O2S3. The number of aromatic nitrogens is 1. The summed E-state index contributed by atoms with van der Waals surface area (Å²) >= 11 is 1.41. The summed E-state index contributed by atoms with van der Waals surface area (Å²) in [5, 5.41) is 11.2. The van der Waals surface area contributed by atoms with Crippen LogP contribution in [0, 0.1) is 0 Å². The molecule has 0 amide bonds. The van der Waals surface area contributed by atoms with Crippen LogP contribution in [0.15, 0.2) is 5.38 Å². The fraction of sp³-hybridized carbons (Fsp3) is 0.500. The Hall–Kier alpha value is -0.400.